The molecule has 1 atom stereocenters. The lowest BCUT2D eigenvalue weighted by Gasteiger charge is -2.17. The highest BCUT2D eigenvalue weighted by molar-refractivity contribution is 7.99. The summed E-state index contributed by atoms with van der Waals surface area (Å²) in [7, 11) is 0. The summed E-state index contributed by atoms with van der Waals surface area (Å²) in [5.74, 6) is -0.540. The van der Waals surface area contributed by atoms with Gasteiger partial charge in [-0.1, -0.05) is 18.7 Å². The van der Waals surface area contributed by atoms with Crippen LogP contribution in [0.25, 0.3) is 11.0 Å². The predicted molar refractivity (Wildman–Crippen MR) is 122 cm³/mol. The maximum absolute atomic E-state index is 13.0. The fourth-order valence-corrected chi connectivity index (χ4v) is 3.99. The number of carbonyl (C=O) groups excluding carboxylic acids is 2. The number of amides is 1. The van der Waals surface area contributed by atoms with Crippen LogP contribution in [-0.2, 0) is 9.53 Å². The Morgan fingerprint density at radius 2 is 1.97 bits per heavy atom. The molecule has 0 saturated carbocycles. The van der Waals surface area contributed by atoms with E-state index in [0.717, 1.165) is 12.1 Å². The summed E-state index contributed by atoms with van der Waals surface area (Å²) in [6.07, 6.45) is 0.763. The fraction of sp³-hybridized carbons (Fsp3) is 0.364. The number of carbonyl (C=O) groups is 2. The van der Waals surface area contributed by atoms with Crippen molar-refractivity contribution in [2.45, 2.75) is 45.3 Å². The molecule has 0 aliphatic rings. The van der Waals surface area contributed by atoms with E-state index in [9.17, 15) is 14.4 Å². The Morgan fingerprint density at radius 1 is 1.26 bits per heavy atom. The van der Waals surface area contributed by atoms with Gasteiger partial charge in [0.15, 0.2) is 5.16 Å². The minimum atomic E-state index is -0.402. The van der Waals surface area contributed by atoms with Crippen molar-refractivity contribution in [3.05, 3.63) is 51.9 Å². The van der Waals surface area contributed by atoms with E-state index in [1.807, 2.05) is 26.8 Å². The molecule has 2 aromatic heterocycles. The Kier molecular flexibility index (Phi) is 7.17. The van der Waals surface area contributed by atoms with E-state index in [4.69, 9.17) is 4.74 Å². The Morgan fingerprint density at radius 3 is 2.61 bits per heavy atom. The van der Waals surface area contributed by atoms with E-state index in [1.165, 1.54) is 11.8 Å². The first kappa shape index (κ1) is 22.6. The van der Waals surface area contributed by atoms with E-state index >= 15 is 0 Å². The number of fused-ring (bicyclic) bond motifs is 1. The Labute approximate surface area is 184 Å². The molecule has 2 N–H and O–H groups in total. The molecule has 0 bridgehead atoms. The number of benzene rings is 1. The third kappa shape index (κ3) is 5.16. The van der Waals surface area contributed by atoms with Gasteiger partial charge in [0.05, 0.1) is 23.4 Å². The SMILES string of the molecule is CCOC(=O)c1ccc(NC(=O)CSc2nc3cc(C)[nH]c3c(=O)n2[C@H](C)CC)cc1. The average Bonchev–Trinajstić information content (AvgIpc) is 3.13. The number of nitrogens with one attached hydrogen (secondary N) is 2. The standard InChI is InChI=1S/C22H26N4O4S/c1-5-14(4)26-20(28)19-17(11-13(3)23-19)25-22(26)31-12-18(27)24-16-9-7-15(8-10-16)21(29)30-6-2/h7-11,14,23H,5-6,12H2,1-4H3,(H,24,27)/t14-/m1/s1. The Bertz CT molecular complexity index is 1150. The first-order valence-corrected chi connectivity index (χ1v) is 11.1. The van der Waals surface area contributed by atoms with Gasteiger partial charge in [-0.15, -0.1) is 0 Å². The normalized spacial score (nSPS) is 12.0. The monoisotopic (exact) mass is 442 g/mol. The molecule has 31 heavy (non-hydrogen) atoms. The molecular formula is C22H26N4O4S. The van der Waals surface area contributed by atoms with Crippen molar-refractivity contribution in [3.8, 4) is 0 Å². The highest BCUT2D eigenvalue weighted by Crippen LogP contribution is 2.23. The number of hydrogen-bond acceptors (Lipinski definition) is 6. The molecule has 0 spiro atoms. The van der Waals surface area contributed by atoms with Gasteiger partial charge in [-0.2, -0.15) is 0 Å². The van der Waals surface area contributed by atoms with Crippen LogP contribution >= 0.6 is 11.8 Å². The predicted octanol–water partition coefficient (Wildman–Crippen LogP) is 3.91. The average molecular weight is 443 g/mol. The van der Waals surface area contributed by atoms with E-state index in [0.29, 0.717) is 34.0 Å². The van der Waals surface area contributed by atoms with Gasteiger partial charge in [0.1, 0.15) is 5.52 Å². The first-order valence-electron chi connectivity index (χ1n) is 10.2. The minimum Gasteiger partial charge on any atom is -0.462 e. The van der Waals surface area contributed by atoms with Crippen LogP contribution in [0, 0.1) is 6.92 Å². The van der Waals surface area contributed by atoms with Gasteiger partial charge in [-0.25, -0.2) is 9.78 Å². The number of aromatic amines is 1. The summed E-state index contributed by atoms with van der Waals surface area (Å²) in [5.41, 5.74) is 2.80. The molecule has 3 aromatic rings. The molecule has 0 aliphatic heterocycles. The quantitative estimate of drug-likeness (QED) is 0.311. The van der Waals surface area contributed by atoms with Crippen LogP contribution in [0.3, 0.4) is 0 Å². The van der Waals surface area contributed by atoms with Crippen LogP contribution in [0.1, 0.15) is 49.3 Å². The van der Waals surface area contributed by atoms with Crippen LogP contribution in [0.15, 0.2) is 40.3 Å². The summed E-state index contributed by atoms with van der Waals surface area (Å²) < 4.78 is 6.59. The van der Waals surface area contributed by atoms with E-state index < -0.39 is 5.97 Å². The van der Waals surface area contributed by atoms with Crippen molar-refractivity contribution in [1.82, 2.24) is 14.5 Å². The number of aromatic nitrogens is 3. The molecule has 8 nitrogen and oxygen atoms in total. The summed E-state index contributed by atoms with van der Waals surface area (Å²) in [6.45, 7) is 7.89. The van der Waals surface area contributed by atoms with Crippen LogP contribution in [0.5, 0.6) is 0 Å². The molecule has 2 heterocycles. The van der Waals surface area contributed by atoms with Gasteiger partial charge < -0.3 is 15.0 Å². The number of anilines is 1. The van der Waals surface area contributed by atoms with Crippen LogP contribution in [-0.4, -0.2) is 38.8 Å². The second-order valence-electron chi connectivity index (χ2n) is 7.17. The van der Waals surface area contributed by atoms with Gasteiger partial charge in [0.2, 0.25) is 5.91 Å². The van der Waals surface area contributed by atoms with Crippen LogP contribution < -0.4 is 10.9 Å². The number of aryl methyl sites for hydroxylation is 1. The van der Waals surface area contributed by atoms with E-state index in [2.05, 4.69) is 15.3 Å². The van der Waals surface area contributed by atoms with E-state index in [1.54, 1.807) is 35.8 Å². The van der Waals surface area contributed by atoms with Crippen molar-refractivity contribution < 1.29 is 14.3 Å². The molecule has 0 unspecified atom stereocenters. The number of ether oxygens (including phenoxy) is 1. The number of H-pyrrole nitrogens is 1. The summed E-state index contributed by atoms with van der Waals surface area (Å²) in [5, 5.41) is 3.31. The fourth-order valence-electron chi connectivity index (χ4n) is 3.09. The zero-order valence-electron chi connectivity index (χ0n) is 18.0. The van der Waals surface area contributed by atoms with Gasteiger partial charge >= 0.3 is 5.97 Å². The van der Waals surface area contributed by atoms with Gasteiger partial charge in [-0.3, -0.25) is 14.2 Å². The second-order valence-corrected chi connectivity index (χ2v) is 8.12. The van der Waals surface area contributed by atoms with Crippen molar-refractivity contribution in [2.75, 3.05) is 17.7 Å². The smallest absolute Gasteiger partial charge is 0.338 e. The summed E-state index contributed by atoms with van der Waals surface area (Å²) in [4.78, 5) is 44.8. The topological polar surface area (TPSA) is 106 Å². The number of hydrogen-bond donors (Lipinski definition) is 2. The van der Waals surface area contributed by atoms with Crippen LogP contribution in [0.2, 0.25) is 0 Å². The maximum Gasteiger partial charge on any atom is 0.338 e. The van der Waals surface area contributed by atoms with Crippen LogP contribution in [0.4, 0.5) is 5.69 Å². The van der Waals surface area contributed by atoms with E-state index in [-0.39, 0.29) is 23.3 Å². The molecule has 0 radical (unpaired) electrons. The highest BCUT2D eigenvalue weighted by Gasteiger charge is 2.18. The summed E-state index contributed by atoms with van der Waals surface area (Å²) in [6, 6.07) is 8.28. The van der Waals surface area contributed by atoms with Gasteiger partial charge in [0.25, 0.3) is 5.56 Å². The number of esters is 1. The summed E-state index contributed by atoms with van der Waals surface area (Å²) >= 11 is 1.22. The molecule has 0 fully saturated rings. The lowest BCUT2D eigenvalue weighted by molar-refractivity contribution is -0.113. The number of rotatable bonds is 8. The second kappa shape index (κ2) is 9.82. The Balaban J connectivity index is 1.73. The number of nitrogens with zero attached hydrogens (tertiary/aromatic N) is 2. The van der Waals surface area contributed by atoms with Crippen molar-refractivity contribution in [2.24, 2.45) is 0 Å². The lowest BCUT2D eigenvalue weighted by atomic mass is 10.2. The number of thioether (sulfide) groups is 1. The molecule has 0 saturated heterocycles. The first-order chi connectivity index (χ1) is 14.8. The minimum absolute atomic E-state index is 0.0472. The molecule has 0 aliphatic carbocycles. The van der Waals surface area contributed by atoms with Crippen molar-refractivity contribution in [3.63, 3.8) is 0 Å². The molecule has 1 amide bonds. The van der Waals surface area contributed by atoms with Crippen molar-refractivity contribution in [1.29, 1.82) is 0 Å². The molecule has 3 rings (SSSR count). The third-order valence-electron chi connectivity index (χ3n) is 4.83. The molecule has 1 aromatic carbocycles. The maximum atomic E-state index is 13.0. The Hall–Kier alpha value is -3.07. The van der Waals surface area contributed by atoms with Crippen molar-refractivity contribution >= 4 is 40.4 Å². The largest absolute Gasteiger partial charge is 0.462 e. The zero-order chi connectivity index (χ0) is 22.5. The molecule has 9 heteroatoms. The van der Waals surface area contributed by atoms with Gasteiger partial charge in [-0.05, 0) is 57.5 Å². The van der Waals surface area contributed by atoms with Gasteiger partial charge in [0, 0.05) is 17.4 Å². The lowest BCUT2D eigenvalue weighted by Crippen LogP contribution is -2.26. The highest BCUT2D eigenvalue weighted by atomic mass is 32.2. The molecule has 164 valence electrons. The third-order valence-corrected chi connectivity index (χ3v) is 5.78. The molecular weight excluding hydrogens is 416 g/mol. The zero-order valence-corrected chi connectivity index (χ0v) is 18.8.